The van der Waals surface area contributed by atoms with Gasteiger partial charge >= 0.3 is 5.97 Å². The topological polar surface area (TPSA) is 38.8 Å². The lowest BCUT2D eigenvalue weighted by Gasteiger charge is -2.47. The van der Waals surface area contributed by atoms with Crippen molar-refractivity contribution in [3.8, 4) is 5.75 Å². The minimum absolute atomic E-state index is 0.191. The van der Waals surface area contributed by atoms with Crippen LogP contribution < -0.4 is 4.74 Å². The molecule has 24 heavy (non-hydrogen) atoms. The highest BCUT2D eigenvalue weighted by Crippen LogP contribution is 2.42. The van der Waals surface area contributed by atoms with Gasteiger partial charge in [-0.05, 0) is 63.0 Å². The highest BCUT2D eigenvalue weighted by atomic mass is 35.5. The van der Waals surface area contributed by atoms with Gasteiger partial charge in [0.1, 0.15) is 5.75 Å². The number of ether oxygens (including phenoxy) is 2. The lowest BCUT2D eigenvalue weighted by molar-refractivity contribution is -0.143. The molecule has 0 aromatic heterocycles. The average molecular weight is 348 g/mol. The van der Waals surface area contributed by atoms with E-state index in [2.05, 4.69) is 4.90 Å². The number of fused-ring (bicyclic) bond motifs is 4. The second-order valence-electron chi connectivity index (χ2n) is 7.13. The number of hydrogen-bond donors (Lipinski definition) is 0. The monoisotopic (exact) mass is 347 g/mol. The summed E-state index contributed by atoms with van der Waals surface area (Å²) in [5.74, 6) is 0.402. The molecule has 0 radical (unpaired) electrons. The molecule has 3 saturated heterocycles. The van der Waals surface area contributed by atoms with Gasteiger partial charge in [0.15, 0.2) is 0 Å². The molecule has 5 rings (SSSR count). The first kappa shape index (κ1) is 16.0. The number of rotatable bonds is 4. The van der Waals surface area contributed by atoms with Crippen LogP contribution in [0.2, 0.25) is 5.02 Å². The fourth-order valence-electron chi connectivity index (χ4n) is 4.17. The molecule has 1 aliphatic carbocycles. The molecule has 3 aliphatic heterocycles. The summed E-state index contributed by atoms with van der Waals surface area (Å²) in [6.45, 7) is 3.93. The van der Waals surface area contributed by atoms with Crippen LogP contribution in [-0.2, 0) is 16.0 Å². The van der Waals surface area contributed by atoms with Crippen molar-refractivity contribution >= 4 is 23.1 Å². The maximum Gasteiger partial charge on any atom is 0.338 e. The highest BCUT2D eigenvalue weighted by molar-refractivity contribution is 6.31. The minimum atomic E-state index is -0.239. The van der Waals surface area contributed by atoms with Gasteiger partial charge in [-0.1, -0.05) is 17.7 Å². The summed E-state index contributed by atoms with van der Waals surface area (Å²) in [6, 6.07) is 3.65. The van der Waals surface area contributed by atoms with Crippen LogP contribution in [0.3, 0.4) is 0 Å². The second kappa shape index (κ2) is 6.08. The fourth-order valence-corrected chi connectivity index (χ4v) is 4.40. The summed E-state index contributed by atoms with van der Waals surface area (Å²) >= 11 is 6.12. The van der Waals surface area contributed by atoms with Gasteiger partial charge in [0.05, 0.1) is 19.3 Å². The van der Waals surface area contributed by atoms with Gasteiger partial charge in [-0.2, -0.15) is 0 Å². The number of carbonyl (C=O) groups excluding carboxylic acids is 1. The molecule has 0 spiro atoms. The lowest BCUT2D eigenvalue weighted by atomic mass is 9.73. The standard InChI is InChI=1S/C19H22ClNO3/c1-23-16-11-14(20)10-13-2-3-15(17(13)16)18(22)24-12-19-4-7-21(8-5-19)9-6-19/h3,10-11H,2,4-9,12H2,1H3. The molecule has 1 aromatic carbocycles. The molecule has 2 bridgehead atoms. The van der Waals surface area contributed by atoms with Crippen molar-refractivity contribution in [2.75, 3.05) is 33.4 Å². The fraction of sp³-hybridized carbons (Fsp3) is 0.526. The zero-order valence-corrected chi connectivity index (χ0v) is 14.7. The van der Waals surface area contributed by atoms with E-state index in [1.807, 2.05) is 12.1 Å². The summed E-state index contributed by atoms with van der Waals surface area (Å²) in [7, 11) is 1.60. The quantitative estimate of drug-likeness (QED) is 0.783. The molecule has 0 amide bonds. The molecule has 3 heterocycles. The number of benzene rings is 1. The molecule has 128 valence electrons. The maximum atomic E-state index is 12.7. The van der Waals surface area contributed by atoms with E-state index in [0.717, 1.165) is 50.0 Å². The number of halogens is 1. The number of hydrogen-bond acceptors (Lipinski definition) is 4. The third-order valence-electron chi connectivity index (χ3n) is 5.77. The first-order valence-corrected chi connectivity index (χ1v) is 8.94. The molecule has 3 fully saturated rings. The van der Waals surface area contributed by atoms with Crippen molar-refractivity contribution < 1.29 is 14.3 Å². The van der Waals surface area contributed by atoms with Gasteiger partial charge in [-0.25, -0.2) is 4.79 Å². The van der Waals surface area contributed by atoms with Crippen molar-refractivity contribution in [3.63, 3.8) is 0 Å². The number of carbonyl (C=O) groups is 1. The van der Waals surface area contributed by atoms with Crippen LogP contribution in [0.25, 0.3) is 5.57 Å². The normalized spacial score (nSPS) is 27.6. The number of piperidine rings is 3. The van der Waals surface area contributed by atoms with Gasteiger partial charge in [0, 0.05) is 16.0 Å². The van der Waals surface area contributed by atoms with E-state index >= 15 is 0 Å². The third kappa shape index (κ3) is 2.72. The van der Waals surface area contributed by atoms with Crippen molar-refractivity contribution in [1.29, 1.82) is 0 Å². The van der Waals surface area contributed by atoms with E-state index in [1.165, 1.54) is 0 Å². The van der Waals surface area contributed by atoms with Gasteiger partial charge in [-0.3, -0.25) is 0 Å². The zero-order valence-electron chi connectivity index (χ0n) is 13.9. The highest BCUT2D eigenvalue weighted by Gasteiger charge is 2.40. The van der Waals surface area contributed by atoms with Crippen LogP contribution in [0, 0.1) is 5.41 Å². The van der Waals surface area contributed by atoms with Crippen molar-refractivity contribution in [3.05, 3.63) is 34.4 Å². The van der Waals surface area contributed by atoms with Crippen molar-refractivity contribution in [1.82, 2.24) is 4.90 Å². The Morgan fingerprint density at radius 1 is 1.25 bits per heavy atom. The average Bonchev–Trinajstić information content (AvgIpc) is 3.04. The van der Waals surface area contributed by atoms with Crippen molar-refractivity contribution in [2.45, 2.75) is 25.7 Å². The summed E-state index contributed by atoms with van der Waals surface area (Å²) in [5.41, 5.74) is 2.66. The van der Waals surface area contributed by atoms with Crippen LogP contribution in [0.5, 0.6) is 5.75 Å². The van der Waals surface area contributed by atoms with Crippen LogP contribution in [0.15, 0.2) is 18.2 Å². The molecule has 1 aromatic rings. The smallest absolute Gasteiger partial charge is 0.338 e. The van der Waals surface area contributed by atoms with Crippen molar-refractivity contribution in [2.24, 2.45) is 5.41 Å². The van der Waals surface area contributed by atoms with E-state index in [4.69, 9.17) is 21.1 Å². The predicted molar refractivity (Wildman–Crippen MR) is 93.4 cm³/mol. The Labute approximate surface area is 147 Å². The van der Waals surface area contributed by atoms with E-state index in [9.17, 15) is 4.79 Å². The molecular weight excluding hydrogens is 326 g/mol. The second-order valence-corrected chi connectivity index (χ2v) is 7.57. The van der Waals surface area contributed by atoms with E-state index in [0.29, 0.717) is 29.4 Å². The Morgan fingerprint density at radius 3 is 2.62 bits per heavy atom. The Balaban J connectivity index is 1.49. The summed E-state index contributed by atoms with van der Waals surface area (Å²) in [4.78, 5) is 15.2. The summed E-state index contributed by atoms with van der Waals surface area (Å²) in [6.07, 6.45) is 6.02. The van der Waals surface area contributed by atoms with Gasteiger partial charge < -0.3 is 14.4 Å². The number of allylic oxidation sites excluding steroid dienone is 1. The summed E-state index contributed by atoms with van der Waals surface area (Å²) < 4.78 is 11.2. The van der Waals surface area contributed by atoms with Gasteiger partial charge in [0.25, 0.3) is 0 Å². The Kier molecular flexibility index (Phi) is 4.05. The summed E-state index contributed by atoms with van der Waals surface area (Å²) in [5, 5.41) is 0.626. The molecular formula is C19H22ClNO3. The Morgan fingerprint density at radius 2 is 1.96 bits per heavy atom. The molecule has 5 heteroatoms. The first-order valence-electron chi connectivity index (χ1n) is 8.57. The zero-order chi connectivity index (χ0) is 16.7. The van der Waals surface area contributed by atoms with Crippen LogP contribution in [0.4, 0.5) is 0 Å². The molecule has 4 aliphatic rings. The largest absolute Gasteiger partial charge is 0.496 e. The van der Waals surface area contributed by atoms with Crippen LogP contribution in [-0.4, -0.2) is 44.2 Å². The van der Waals surface area contributed by atoms with E-state index < -0.39 is 0 Å². The predicted octanol–water partition coefficient (Wildman–Crippen LogP) is 3.32. The molecule has 4 nitrogen and oxygen atoms in total. The first-order chi connectivity index (χ1) is 11.6. The molecule has 0 unspecified atom stereocenters. The van der Waals surface area contributed by atoms with Gasteiger partial charge in [-0.15, -0.1) is 0 Å². The lowest BCUT2D eigenvalue weighted by Crippen LogP contribution is -2.50. The Bertz CT molecular complexity index is 691. The minimum Gasteiger partial charge on any atom is -0.496 e. The molecule has 0 atom stereocenters. The van der Waals surface area contributed by atoms with Crippen LogP contribution in [0.1, 0.15) is 30.4 Å². The van der Waals surface area contributed by atoms with E-state index in [1.54, 1.807) is 13.2 Å². The number of methoxy groups -OCH3 is 1. The maximum absolute atomic E-state index is 12.7. The molecule has 0 saturated carbocycles. The molecule has 0 N–H and O–H groups in total. The third-order valence-corrected chi connectivity index (χ3v) is 5.99. The Hall–Kier alpha value is -1.52. The number of nitrogens with zero attached hydrogens (tertiary/aromatic N) is 1. The van der Waals surface area contributed by atoms with Crippen LogP contribution >= 0.6 is 11.6 Å². The van der Waals surface area contributed by atoms with Gasteiger partial charge in [0.2, 0.25) is 0 Å². The SMILES string of the molecule is COc1cc(Cl)cc2c1C(C(=O)OCC13CCN(CC1)CC3)=CC2. The van der Waals surface area contributed by atoms with E-state index in [-0.39, 0.29) is 11.4 Å². The number of esters is 1.